The zero-order valence-corrected chi connectivity index (χ0v) is 24.3. The Balaban J connectivity index is 1.27. The molecule has 0 saturated heterocycles. The van der Waals surface area contributed by atoms with Gasteiger partial charge in [0.05, 0.1) is 11.0 Å². The van der Waals surface area contributed by atoms with Crippen molar-refractivity contribution in [2.45, 2.75) is 0 Å². The van der Waals surface area contributed by atoms with E-state index in [2.05, 4.69) is 78.9 Å². The molecule has 0 spiro atoms. The van der Waals surface area contributed by atoms with Crippen molar-refractivity contribution >= 4 is 42.5 Å². The Kier molecular flexibility index (Phi) is 5.80. The van der Waals surface area contributed by atoms with E-state index in [0.717, 1.165) is 38.9 Å². The molecule has 206 valence electrons. The Morgan fingerprint density at radius 3 is 1.93 bits per heavy atom. The van der Waals surface area contributed by atoms with Gasteiger partial charge in [0.2, 0.25) is 0 Å². The van der Waals surface area contributed by atoms with Gasteiger partial charge in [0.15, 0.2) is 17.5 Å². The van der Waals surface area contributed by atoms with Crippen molar-refractivity contribution in [3.8, 4) is 45.3 Å². The molecule has 8 rings (SSSR count). The van der Waals surface area contributed by atoms with Crippen molar-refractivity contribution in [2.24, 2.45) is 14.1 Å². The zero-order valence-electron chi connectivity index (χ0n) is 23.5. The van der Waals surface area contributed by atoms with Crippen molar-refractivity contribution in [1.82, 2.24) is 24.1 Å². The molecule has 0 fully saturated rings. The maximum atomic E-state index is 12.4. The molecule has 0 aliphatic heterocycles. The molecule has 0 saturated carbocycles. The van der Waals surface area contributed by atoms with E-state index in [1.807, 2.05) is 36.4 Å². The van der Waals surface area contributed by atoms with Crippen LogP contribution in [0.25, 0.3) is 76.5 Å². The number of imidazole rings is 1. The Bertz CT molecular complexity index is 2380. The monoisotopic (exact) mass is 575 g/mol. The van der Waals surface area contributed by atoms with Gasteiger partial charge in [0.1, 0.15) is 0 Å². The van der Waals surface area contributed by atoms with E-state index in [1.54, 1.807) is 34.6 Å². The number of hydrogen-bond acceptors (Lipinski definition) is 5. The van der Waals surface area contributed by atoms with Crippen molar-refractivity contribution < 1.29 is 0 Å². The predicted octanol–water partition coefficient (Wildman–Crippen LogP) is 8.10. The number of hydrogen-bond donors (Lipinski definition) is 0. The minimum absolute atomic E-state index is 0.0338. The van der Waals surface area contributed by atoms with Crippen LogP contribution in [0.2, 0.25) is 0 Å². The Morgan fingerprint density at radius 2 is 1.14 bits per heavy atom. The summed E-state index contributed by atoms with van der Waals surface area (Å²) in [5, 5.41) is 2.37. The van der Waals surface area contributed by atoms with Gasteiger partial charge in [-0.1, -0.05) is 91.0 Å². The van der Waals surface area contributed by atoms with Gasteiger partial charge in [-0.15, -0.1) is 11.3 Å². The van der Waals surface area contributed by atoms with Crippen LogP contribution in [0.15, 0.2) is 120 Å². The zero-order chi connectivity index (χ0) is 29.1. The molecule has 5 aromatic carbocycles. The number of aryl methyl sites for hydroxylation is 2. The Hall–Kier alpha value is -5.40. The number of aromatic nitrogens is 5. The van der Waals surface area contributed by atoms with Gasteiger partial charge in [-0.05, 0) is 35.4 Å². The smallest absolute Gasteiger partial charge is 0.295 e. The molecule has 6 nitrogen and oxygen atoms in total. The first-order valence-corrected chi connectivity index (χ1v) is 14.9. The molecule has 8 aromatic rings. The van der Waals surface area contributed by atoms with Crippen LogP contribution in [-0.4, -0.2) is 24.1 Å². The first-order valence-electron chi connectivity index (χ1n) is 14.0. The third kappa shape index (κ3) is 4.16. The van der Waals surface area contributed by atoms with Crippen LogP contribution in [0.3, 0.4) is 0 Å². The van der Waals surface area contributed by atoms with Crippen LogP contribution >= 0.6 is 11.3 Å². The van der Waals surface area contributed by atoms with Crippen molar-refractivity contribution in [1.29, 1.82) is 0 Å². The fourth-order valence-electron chi connectivity index (χ4n) is 5.80. The van der Waals surface area contributed by atoms with Crippen LogP contribution in [0.5, 0.6) is 0 Å². The molecule has 0 radical (unpaired) electrons. The third-order valence-corrected chi connectivity index (χ3v) is 9.20. The lowest BCUT2D eigenvalue weighted by Crippen LogP contribution is -2.19. The summed E-state index contributed by atoms with van der Waals surface area (Å²) < 4.78 is 5.80. The van der Waals surface area contributed by atoms with E-state index < -0.39 is 0 Å². The molecular formula is C36H25N5OS. The van der Waals surface area contributed by atoms with Crippen LogP contribution in [0, 0.1) is 0 Å². The third-order valence-electron chi connectivity index (χ3n) is 8.06. The number of fused-ring (bicyclic) bond motifs is 4. The molecule has 0 unspecified atom stereocenters. The summed E-state index contributed by atoms with van der Waals surface area (Å²) in [4.78, 5) is 27.4. The van der Waals surface area contributed by atoms with E-state index in [9.17, 15) is 4.79 Å². The summed E-state index contributed by atoms with van der Waals surface area (Å²) in [7, 11) is 3.60. The van der Waals surface area contributed by atoms with Crippen LogP contribution < -0.4 is 5.69 Å². The maximum absolute atomic E-state index is 12.4. The lowest BCUT2D eigenvalue weighted by Gasteiger charge is -2.10. The summed E-state index contributed by atoms with van der Waals surface area (Å²) in [6.45, 7) is 0. The molecule has 0 bridgehead atoms. The molecule has 7 heteroatoms. The lowest BCUT2D eigenvalue weighted by atomic mass is 10.0. The molecule has 0 amide bonds. The molecule has 0 N–H and O–H groups in total. The molecule has 3 heterocycles. The Morgan fingerprint density at radius 1 is 0.535 bits per heavy atom. The normalized spacial score (nSPS) is 11.6. The first-order chi connectivity index (χ1) is 21.0. The highest BCUT2D eigenvalue weighted by Gasteiger charge is 2.17. The second kappa shape index (κ2) is 9.86. The largest absolute Gasteiger partial charge is 0.328 e. The van der Waals surface area contributed by atoms with Gasteiger partial charge in [0.25, 0.3) is 0 Å². The molecule has 0 aliphatic carbocycles. The SMILES string of the molecule is Cn1c(=O)n(C)c2cc(-c3ccc(-c4nc(-c5ccccc5)nc(-c5cccc6sc7ccccc7c56)n4)cc3)ccc21. The topological polar surface area (TPSA) is 65.6 Å². The van der Waals surface area contributed by atoms with E-state index in [1.165, 1.54) is 20.2 Å². The van der Waals surface area contributed by atoms with Crippen molar-refractivity contribution in [3.63, 3.8) is 0 Å². The lowest BCUT2D eigenvalue weighted by molar-refractivity contribution is 0.795. The van der Waals surface area contributed by atoms with Gasteiger partial charge in [-0.25, -0.2) is 19.7 Å². The average Bonchev–Trinajstić information content (AvgIpc) is 3.55. The molecule has 3 aromatic heterocycles. The van der Waals surface area contributed by atoms with E-state index in [-0.39, 0.29) is 5.69 Å². The Labute approximate surface area is 251 Å². The molecular weight excluding hydrogens is 550 g/mol. The van der Waals surface area contributed by atoms with Crippen molar-refractivity contribution in [2.75, 3.05) is 0 Å². The number of thiophene rings is 1. The summed E-state index contributed by atoms with van der Waals surface area (Å²) in [5.41, 5.74) is 6.70. The van der Waals surface area contributed by atoms with Gasteiger partial charge >= 0.3 is 5.69 Å². The van der Waals surface area contributed by atoms with Gasteiger partial charge in [-0.3, -0.25) is 9.13 Å². The maximum Gasteiger partial charge on any atom is 0.328 e. The fourth-order valence-corrected chi connectivity index (χ4v) is 6.93. The average molecular weight is 576 g/mol. The predicted molar refractivity (Wildman–Crippen MR) is 176 cm³/mol. The van der Waals surface area contributed by atoms with E-state index in [4.69, 9.17) is 15.0 Å². The van der Waals surface area contributed by atoms with Crippen LogP contribution in [-0.2, 0) is 14.1 Å². The van der Waals surface area contributed by atoms with Gasteiger partial charge < -0.3 is 0 Å². The number of rotatable bonds is 4. The van der Waals surface area contributed by atoms with Crippen LogP contribution in [0.1, 0.15) is 0 Å². The summed E-state index contributed by atoms with van der Waals surface area (Å²) in [5.74, 6) is 1.90. The molecule has 0 atom stereocenters. The summed E-state index contributed by atoms with van der Waals surface area (Å²) in [6, 6.07) is 39.3. The highest BCUT2D eigenvalue weighted by atomic mass is 32.1. The quantitative estimate of drug-likeness (QED) is 0.213. The fraction of sp³-hybridized carbons (Fsp3) is 0.0556. The van der Waals surface area contributed by atoms with Crippen LogP contribution in [0.4, 0.5) is 0 Å². The van der Waals surface area contributed by atoms with Gasteiger partial charge in [0, 0.05) is 51.0 Å². The van der Waals surface area contributed by atoms with E-state index in [0.29, 0.717) is 17.5 Å². The summed E-state index contributed by atoms with van der Waals surface area (Å²) >= 11 is 1.78. The highest BCUT2D eigenvalue weighted by Crippen LogP contribution is 2.39. The molecule has 43 heavy (non-hydrogen) atoms. The second-order valence-corrected chi connectivity index (χ2v) is 11.7. The summed E-state index contributed by atoms with van der Waals surface area (Å²) in [6.07, 6.45) is 0. The van der Waals surface area contributed by atoms with E-state index >= 15 is 0 Å². The van der Waals surface area contributed by atoms with Crippen molar-refractivity contribution in [3.05, 3.63) is 126 Å². The van der Waals surface area contributed by atoms with Gasteiger partial charge in [-0.2, -0.15) is 0 Å². The highest BCUT2D eigenvalue weighted by molar-refractivity contribution is 7.25. The first kappa shape index (κ1) is 25.3. The standard InChI is InChI=1S/C36H25N5OS/c1-40-28-20-19-25(21-29(28)41(2)36(40)42)22-15-17-24(18-16-22)34-37-33(23-9-4-3-5-10-23)38-35(39-34)27-12-8-14-31-32(27)26-11-6-7-13-30(26)43-31/h3-21H,1-2H3. The number of benzene rings is 5. The molecule has 0 aliphatic rings. The second-order valence-electron chi connectivity index (χ2n) is 10.6. The minimum Gasteiger partial charge on any atom is -0.295 e. The number of nitrogens with zero attached hydrogens (tertiary/aromatic N) is 5. The minimum atomic E-state index is -0.0338.